The van der Waals surface area contributed by atoms with Gasteiger partial charge in [-0.2, -0.15) is 0 Å². The van der Waals surface area contributed by atoms with Gasteiger partial charge in [-0.3, -0.25) is 4.79 Å². The molecule has 3 heteroatoms. The lowest BCUT2D eigenvalue weighted by Gasteiger charge is -2.37. The summed E-state index contributed by atoms with van der Waals surface area (Å²) < 4.78 is 0. The fourth-order valence-corrected chi connectivity index (χ4v) is 3.36. The molecule has 1 fully saturated rings. The van der Waals surface area contributed by atoms with E-state index >= 15 is 0 Å². The summed E-state index contributed by atoms with van der Waals surface area (Å²) in [5.41, 5.74) is 1.08. The number of nitrogens with one attached hydrogen (secondary N) is 2. The maximum atomic E-state index is 12.8. The van der Waals surface area contributed by atoms with Gasteiger partial charge >= 0.3 is 0 Å². The van der Waals surface area contributed by atoms with Crippen molar-refractivity contribution in [3.63, 3.8) is 0 Å². The number of rotatable bonds is 6. The Bertz CT molecular complexity index is 432. The molecule has 2 atom stereocenters. The molecular weight excluding hydrogens is 260 g/mol. The Morgan fingerprint density at radius 1 is 1.38 bits per heavy atom. The lowest BCUT2D eigenvalue weighted by atomic mass is 9.76. The fraction of sp³-hybridized carbons (Fsp3) is 0.611. The summed E-state index contributed by atoms with van der Waals surface area (Å²) in [6.07, 6.45) is 5.03. The fourth-order valence-electron chi connectivity index (χ4n) is 3.36. The largest absolute Gasteiger partial charge is 0.353 e. The molecule has 1 aliphatic rings. The first-order valence-corrected chi connectivity index (χ1v) is 8.22. The summed E-state index contributed by atoms with van der Waals surface area (Å²) in [6, 6.07) is 10.5. The van der Waals surface area contributed by atoms with Gasteiger partial charge in [0.05, 0.1) is 5.41 Å². The maximum Gasteiger partial charge on any atom is 0.227 e. The Morgan fingerprint density at radius 2 is 2.14 bits per heavy atom. The number of benzene rings is 1. The van der Waals surface area contributed by atoms with E-state index in [4.69, 9.17) is 0 Å². The quantitative estimate of drug-likeness (QED) is 0.845. The van der Waals surface area contributed by atoms with Crippen LogP contribution in [0.1, 0.15) is 45.1 Å². The molecule has 116 valence electrons. The topological polar surface area (TPSA) is 41.1 Å². The molecule has 1 aromatic carbocycles. The molecule has 2 unspecified atom stereocenters. The van der Waals surface area contributed by atoms with Gasteiger partial charge in [-0.1, -0.05) is 43.7 Å². The van der Waals surface area contributed by atoms with Crippen LogP contribution in [0.3, 0.4) is 0 Å². The van der Waals surface area contributed by atoms with Crippen LogP contribution in [0.25, 0.3) is 0 Å². The van der Waals surface area contributed by atoms with Crippen LogP contribution in [0.2, 0.25) is 0 Å². The van der Waals surface area contributed by atoms with Gasteiger partial charge in [0.1, 0.15) is 0 Å². The lowest BCUT2D eigenvalue weighted by molar-refractivity contribution is -0.133. The van der Waals surface area contributed by atoms with Gasteiger partial charge in [0.25, 0.3) is 0 Å². The molecule has 0 aromatic heterocycles. The SMILES string of the molecule is CCCC1(C(=O)NC(C)Cc2ccccc2)CCCNC1. The van der Waals surface area contributed by atoms with Gasteiger partial charge in [-0.25, -0.2) is 0 Å². The van der Waals surface area contributed by atoms with Crippen molar-refractivity contribution in [3.05, 3.63) is 35.9 Å². The van der Waals surface area contributed by atoms with Crippen LogP contribution in [-0.2, 0) is 11.2 Å². The molecule has 0 radical (unpaired) electrons. The van der Waals surface area contributed by atoms with Crippen molar-refractivity contribution in [3.8, 4) is 0 Å². The van der Waals surface area contributed by atoms with E-state index in [-0.39, 0.29) is 17.4 Å². The first-order chi connectivity index (χ1) is 10.2. The maximum absolute atomic E-state index is 12.8. The van der Waals surface area contributed by atoms with Gasteiger partial charge in [0, 0.05) is 12.6 Å². The van der Waals surface area contributed by atoms with Crippen molar-refractivity contribution in [2.45, 2.75) is 52.0 Å². The zero-order valence-electron chi connectivity index (χ0n) is 13.3. The van der Waals surface area contributed by atoms with Crippen molar-refractivity contribution in [1.82, 2.24) is 10.6 Å². The number of hydrogen-bond donors (Lipinski definition) is 2. The third kappa shape index (κ3) is 4.31. The van der Waals surface area contributed by atoms with Crippen LogP contribution in [0.5, 0.6) is 0 Å². The number of amides is 1. The summed E-state index contributed by atoms with van der Waals surface area (Å²) >= 11 is 0. The molecule has 0 saturated carbocycles. The van der Waals surface area contributed by atoms with E-state index in [1.165, 1.54) is 5.56 Å². The molecular formula is C18H28N2O. The number of carbonyl (C=O) groups excluding carboxylic acids is 1. The van der Waals surface area contributed by atoms with Crippen LogP contribution in [0.15, 0.2) is 30.3 Å². The number of hydrogen-bond acceptors (Lipinski definition) is 2. The Kier molecular flexibility index (Phi) is 5.80. The standard InChI is InChI=1S/C18H28N2O/c1-3-10-18(11-7-12-19-14-18)17(21)20-15(2)13-16-8-5-4-6-9-16/h4-6,8-9,15,19H,3,7,10-14H2,1-2H3,(H,20,21). The highest BCUT2D eigenvalue weighted by Crippen LogP contribution is 2.32. The van der Waals surface area contributed by atoms with Crippen molar-refractivity contribution >= 4 is 5.91 Å². The van der Waals surface area contributed by atoms with E-state index in [1.807, 2.05) is 18.2 Å². The number of carbonyl (C=O) groups is 1. The summed E-state index contributed by atoms with van der Waals surface area (Å²) in [6.45, 7) is 6.13. The monoisotopic (exact) mass is 288 g/mol. The third-order valence-electron chi connectivity index (χ3n) is 4.44. The molecule has 3 nitrogen and oxygen atoms in total. The minimum absolute atomic E-state index is 0.176. The minimum Gasteiger partial charge on any atom is -0.353 e. The van der Waals surface area contributed by atoms with Crippen molar-refractivity contribution in [1.29, 1.82) is 0 Å². The predicted octanol–water partition coefficient (Wildman–Crippen LogP) is 2.90. The number of piperidine rings is 1. The second-order valence-corrected chi connectivity index (χ2v) is 6.37. The van der Waals surface area contributed by atoms with Crippen LogP contribution >= 0.6 is 0 Å². The Balaban J connectivity index is 1.94. The Labute approximate surface area is 128 Å². The smallest absolute Gasteiger partial charge is 0.227 e. The summed E-state index contributed by atoms with van der Waals surface area (Å²) in [5.74, 6) is 0.236. The van der Waals surface area contributed by atoms with E-state index in [1.54, 1.807) is 0 Å². The van der Waals surface area contributed by atoms with Gasteiger partial charge in [-0.05, 0) is 44.7 Å². The molecule has 0 bridgehead atoms. The average Bonchev–Trinajstić information content (AvgIpc) is 2.49. The highest BCUT2D eigenvalue weighted by atomic mass is 16.2. The zero-order chi connectivity index (χ0) is 15.1. The molecule has 1 aromatic rings. The summed E-state index contributed by atoms with van der Waals surface area (Å²) in [5, 5.41) is 6.65. The highest BCUT2D eigenvalue weighted by Gasteiger charge is 2.38. The first-order valence-electron chi connectivity index (χ1n) is 8.22. The summed E-state index contributed by atoms with van der Waals surface area (Å²) in [4.78, 5) is 12.8. The Hall–Kier alpha value is -1.35. The van der Waals surface area contributed by atoms with Crippen molar-refractivity contribution in [2.75, 3.05) is 13.1 Å². The molecule has 1 amide bonds. The molecule has 1 heterocycles. The molecule has 0 aliphatic carbocycles. The molecule has 21 heavy (non-hydrogen) atoms. The molecule has 2 N–H and O–H groups in total. The normalized spacial score (nSPS) is 23.5. The zero-order valence-corrected chi connectivity index (χ0v) is 13.3. The van der Waals surface area contributed by atoms with Gasteiger partial charge in [-0.15, -0.1) is 0 Å². The summed E-state index contributed by atoms with van der Waals surface area (Å²) in [7, 11) is 0. The van der Waals surface area contributed by atoms with Crippen LogP contribution < -0.4 is 10.6 Å². The first kappa shape index (κ1) is 16.0. The van der Waals surface area contributed by atoms with E-state index in [0.29, 0.717) is 0 Å². The second kappa shape index (κ2) is 7.60. The van der Waals surface area contributed by atoms with E-state index < -0.39 is 0 Å². The predicted molar refractivity (Wildman–Crippen MR) is 87.2 cm³/mol. The molecule has 2 rings (SSSR count). The van der Waals surface area contributed by atoms with Gasteiger partial charge < -0.3 is 10.6 Å². The second-order valence-electron chi connectivity index (χ2n) is 6.37. The minimum atomic E-state index is -0.196. The van der Waals surface area contributed by atoms with Crippen molar-refractivity contribution < 1.29 is 4.79 Å². The van der Waals surface area contributed by atoms with Gasteiger partial charge in [0.2, 0.25) is 5.91 Å². The molecule has 1 saturated heterocycles. The van der Waals surface area contributed by atoms with Crippen molar-refractivity contribution in [2.24, 2.45) is 5.41 Å². The average molecular weight is 288 g/mol. The lowest BCUT2D eigenvalue weighted by Crippen LogP contribution is -2.52. The van der Waals surface area contributed by atoms with E-state index in [2.05, 4.69) is 36.6 Å². The Morgan fingerprint density at radius 3 is 2.76 bits per heavy atom. The van der Waals surface area contributed by atoms with Gasteiger partial charge in [0.15, 0.2) is 0 Å². The third-order valence-corrected chi connectivity index (χ3v) is 4.44. The molecule has 1 aliphatic heterocycles. The van der Waals surface area contributed by atoms with Crippen LogP contribution in [0, 0.1) is 5.41 Å². The van der Waals surface area contributed by atoms with E-state index in [9.17, 15) is 4.79 Å². The van der Waals surface area contributed by atoms with E-state index in [0.717, 1.165) is 45.2 Å². The van der Waals surface area contributed by atoms with Crippen LogP contribution in [0.4, 0.5) is 0 Å². The highest BCUT2D eigenvalue weighted by molar-refractivity contribution is 5.83. The molecule has 0 spiro atoms. The van der Waals surface area contributed by atoms with Crippen LogP contribution in [-0.4, -0.2) is 25.0 Å².